The zero-order valence-electron chi connectivity index (χ0n) is 16.5. The second-order valence-electron chi connectivity index (χ2n) is 6.98. The van der Waals surface area contributed by atoms with E-state index >= 15 is 0 Å². The molecule has 1 N–H and O–H groups in total. The topological polar surface area (TPSA) is 50.8 Å². The number of hydrogen-bond acceptors (Lipinski definition) is 4. The van der Waals surface area contributed by atoms with Gasteiger partial charge in [-0.2, -0.15) is 0 Å². The average Bonchev–Trinajstić information content (AvgIpc) is 2.73. The molecule has 0 atom stereocenters. The molecule has 1 heterocycles. The lowest BCUT2D eigenvalue weighted by atomic mass is 10.0. The predicted molar refractivity (Wildman–Crippen MR) is 111 cm³/mol. The van der Waals surface area contributed by atoms with Gasteiger partial charge in [0.15, 0.2) is 11.5 Å². The Bertz CT molecular complexity index is 819. The number of ether oxygens (including phenoxy) is 2. The van der Waals surface area contributed by atoms with E-state index in [9.17, 15) is 4.79 Å². The molecule has 3 rings (SSSR count). The van der Waals surface area contributed by atoms with E-state index in [1.807, 2.05) is 6.07 Å². The van der Waals surface area contributed by atoms with E-state index in [2.05, 4.69) is 28.4 Å². The largest absolute Gasteiger partial charge is 0.493 e. The van der Waals surface area contributed by atoms with Gasteiger partial charge < -0.3 is 14.8 Å². The molecule has 0 saturated carbocycles. The van der Waals surface area contributed by atoms with Crippen molar-refractivity contribution in [2.24, 2.45) is 0 Å². The number of nitrogens with zero attached hydrogens (tertiary/aromatic N) is 1. The first-order valence-electron chi connectivity index (χ1n) is 9.61. The Labute approximate surface area is 171 Å². The number of likely N-dealkylation sites (tertiary alicyclic amines) is 1. The number of nitrogens with one attached hydrogen (secondary N) is 1. The molecule has 0 radical (unpaired) electrons. The minimum absolute atomic E-state index is 0.198. The zero-order chi connectivity index (χ0) is 19.9. The number of piperidine rings is 1. The van der Waals surface area contributed by atoms with Crippen LogP contribution in [0, 0.1) is 0 Å². The van der Waals surface area contributed by atoms with Crippen LogP contribution in [0.5, 0.6) is 11.5 Å². The van der Waals surface area contributed by atoms with E-state index in [0.717, 1.165) is 25.2 Å². The molecule has 6 heteroatoms. The first-order chi connectivity index (χ1) is 13.6. The highest BCUT2D eigenvalue weighted by Gasteiger charge is 2.16. The third kappa shape index (κ3) is 4.97. The van der Waals surface area contributed by atoms with E-state index in [1.54, 1.807) is 12.1 Å². The Hall–Kier alpha value is -2.24. The molecular weight excluding hydrogens is 376 g/mol. The molecule has 5 nitrogen and oxygen atoms in total. The van der Waals surface area contributed by atoms with Gasteiger partial charge in [0.05, 0.1) is 19.2 Å². The molecule has 28 heavy (non-hydrogen) atoms. The standard InChI is InChI=1S/C22H27ClN2O3/c1-27-20-13-18(12-19(23)21(20)28-2)22(26)24-14-16-8-4-5-9-17(16)15-25-10-6-3-7-11-25/h4-5,8-9,12-13H,3,6-7,10-11,14-15H2,1-2H3,(H,24,26). The molecule has 0 aliphatic carbocycles. The van der Waals surface area contributed by atoms with Crippen LogP contribution in [0.1, 0.15) is 40.7 Å². The predicted octanol–water partition coefficient (Wildman–Crippen LogP) is 4.27. The zero-order valence-corrected chi connectivity index (χ0v) is 17.2. The summed E-state index contributed by atoms with van der Waals surface area (Å²) in [5.74, 6) is 0.661. The summed E-state index contributed by atoms with van der Waals surface area (Å²) < 4.78 is 10.5. The van der Waals surface area contributed by atoms with Crippen LogP contribution in [0.3, 0.4) is 0 Å². The van der Waals surface area contributed by atoms with Gasteiger partial charge in [0.2, 0.25) is 0 Å². The Kier molecular flexibility index (Phi) is 7.18. The number of hydrogen-bond donors (Lipinski definition) is 1. The molecule has 0 bridgehead atoms. The summed E-state index contributed by atoms with van der Waals surface area (Å²) in [7, 11) is 3.04. The van der Waals surface area contributed by atoms with Crippen LogP contribution in [0.25, 0.3) is 0 Å². The number of methoxy groups -OCH3 is 2. The van der Waals surface area contributed by atoms with Gasteiger partial charge in [-0.1, -0.05) is 42.3 Å². The molecule has 2 aromatic carbocycles. The van der Waals surface area contributed by atoms with Crippen molar-refractivity contribution in [3.8, 4) is 11.5 Å². The summed E-state index contributed by atoms with van der Waals surface area (Å²) in [4.78, 5) is 15.1. The number of rotatable bonds is 7. The van der Waals surface area contributed by atoms with Gasteiger partial charge in [0.25, 0.3) is 5.91 Å². The van der Waals surface area contributed by atoms with Gasteiger partial charge in [-0.15, -0.1) is 0 Å². The van der Waals surface area contributed by atoms with Crippen LogP contribution < -0.4 is 14.8 Å². The van der Waals surface area contributed by atoms with Crippen LogP contribution in [0.2, 0.25) is 5.02 Å². The number of halogens is 1. The maximum Gasteiger partial charge on any atom is 0.251 e. The first kappa shape index (κ1) is 20.5. The van der Waals surface area contributed by atoms with Crippen molar-refractivity contribution in [2.75, 3.05) is 27.3 Å². The molecule has 150 valence electrons. The van der Waals surface area contributed by atoms with E-state index in [1.165, 1.54) is 39.0 Å². The average molecular weight is 403 g/mol. The van der Waals surface area contributed by atoms with Crippen molar-refractivity contribution < 1.29 is 14.3 Å². The highest BCUT2D eigenvalue weighted by Crippen LogP contribution is 2.36. The summed E-state index contributed by atoms with van der Waals surface area (Å²) in [6, 6.07) is 11.5. The van der Waals surface area contributed by atoms with Crippen LogP contribution in [0.15, 0.2) is 36.4 Å². The molecule has 0 aromatic heterocycles. The van der Waals surface area contributed by atoms with Crippen LogP contribution in [-0.2, 0) is 13.1 Å². The summed E-state index contributed by atoms with van der Waals surface area (Å²) in [6.07, 6.45) is 3.85. The number of carbonyl (C=O) groups is 1. The first-order valence-corrected chi connectivity index (χ1v) is 9.99. The SMILES string of the molecule is COc1cc(C(=O)NCc2ccccc2CN2CCCCC2)cc(Cl)c1OC. The molecule has 0 unspecified atom stereocenters. The smallest absolute Gasteiger partial charge is 0.251 e. The van der Waals surface area contributed by atoms with Crippen molar-refractivity contribution >= 4 is 17.5 Å². The summed E-state index contributed by atoms with van der Waals surface area (Å²) in [5, 5.41) is 3.34. The third-order valence-corrected chi connectivity index (χ3v) is 5.38. The van der Waals surface area contributed by atoms with E-state index in [4.69, 9.17) is 21.1 Å². The van der Waals surface area contributed by atoms with Gasteiger partial charge >= 0.3 is 0 Å². The molecule has 1 fully saturated rings. The highest BCUT2D eigenvalue weighted by atomic mass is 35.5. The fraction of sp³-hybridized carbons (Fsp3) is 0.409. The monoisotopic (exact) mass is 402 g/mol. The fourth-order valence-corrected chi connectivity index (χ4v) is 3.86. The summed E-state index contributed by atoms with van der Waals surface area (Å²) in [5.41, 5.74) is 2.83. The van der Waals surface area contributed by atoms with Crippen molar-refractivity contribution in [3.05, 3.63) is 58.1 Å². The molecule has 1 aliphatic heterocycles. The minimum Gasteiger partial charge on any atom is -0.493 e. The van der Waals surface area contributed by atoms with E-state index in [0.29, 0.717) is 28.6 Å². The maximum absolute atomic E-state index is 12.7. The lowest BCUT2D eigenvalue weighted by molar-refractivity contribution is 0.0950. The Morgan fingerprint density at radius 3 is 2.46 bits per heavy atom. The van der Waals surface area contributed by atoms with Crippen molar-refractivity contribution in [1.29, 1.82) is 0 Å². The molecule has 1 aliphatic rings. The summed E-state index contributed by atoms with van der Waals surface area (Å²) >= 11 is 6.22. The molecule has 2 aromatic rings. The van der Waals surface area contributed by atoms with Gasteiger partial charge in [0, 0.05) is 18.7 Å². The fourth-order valence-electron chi connectivity index (χ4n) is 3.57. The highest BCUT2D eigenvalue weighted by molar-refractivity contribution is 6.32. The van der Waals surface area contributed by atoms with Gasteiger partial charge in [0.1, 0.15) is 0 Å². The Morgan fingerprint density at radius 2 is 1.79 bits per heavy atom. The quantitative estimate of drug-likeness (QED) is 0.751. The normalized spacial score (nSPS) is 14.5. The van der Waals surface area contributed by atoms with E-state index < -0.39 is 0 Å². The minimum atomic E-state index is -0.198. The number of carbonyl (C=O) groups excluding carboxylic acids is 1. The number of benzene rings is 2. The van der Waals surface area contributed by atoms with Crippen LogP contribution >= 0.6 is 11.6 Å². The van der Waals surface area contributed by atoms with Crippen molar-refractivity contribution in [1.82, 2.24) is 10.2 Å². The molecule has 1 amide bonds. The molecular formula is C22H27ClN2O3. The molecule has 1 saturated heterocycles. The van der Waals surface area contributed by atoms with Crippen molar-refractivity contribution in [2.45, 2.75) is 32.4 Å². The lowest BCUT2D eigenvalue weighted by Crippen LogP contribution is -2.30. The Morgan fingerprint density at radius 1 is 1.07 bits per heavy atom. The van der Waals surface area contributed by atoms with Crippen LogP contribution in [0.4, 0.5) is 0 Å². The van der Waals surface area contributed by atoms with Gasteiger partial charge in [-0.25, -0.2) is 0 Å². The maximum atomic E-state index is 12.7. The third-order valence-electron chi connectivity index (χ3n) is 5.10. The van der Waals surface area contributed by atoms with Gasteiger partial charge in [-0.05, 0) is 49.2 Å². The van der Waals surface area contributed by atoms with E-state index in [-0.39, 0.29) is 5.91 Å². The number of amides is 1. The second-order valence-corrected chi connectivity index (χ2v) is 7.39. The van der Waals surface area contributed by atoms with Crippen LogP contribution in [-0.4, -0.2) is 38.1 Å². The second kappa shape index (κ2) is 9.80. The summed E-state index contributed by atoms with van der Waals surface area (Å²) in [6.45, 7) is 3.68. The van der Waals surface area contributed by atoms with Crippen molar-refractivity contribution in [3.63, 3.8) is 0 Å². The lowest BCUT2D eigenvalue weighted by Gasteiger charge is -2.27. The van der Waals surface area contributed by atoms with Gasteiger partial charge in [-0.3, -0.25) is 9.69 Å². The Balaban J connectivity index is 1.69. The molecule has 0 spiro atoms.